The number of likely N-dealkylation sites (tertiary alicyclic amines) is 1. The lowest BCUT2D eigenvalue weighted by molar-refractivity contribution is -0.148. The Morgan fingerprint density at radius 1 is 0.911 bits per heavy atom. The standard InChI is InChI=1S/C34H65N5O6/c1-15-23(8)30(38(12)34(43)28(20(2)3)36-33(42)29(21(4)5)37(11)22(6)7)26(44-13)19-27(40)39-18-16-17-25(39)31(45-14)24(9)32(41)35-10/h20-26,28-31H,15-19H2,1-14H3,(H,35,41)(H,36,42)/t23?,24?,25?,26?,28-,29?,30?,31?/m0/s1. The first-order chi connectivity index (χ1) is 21.0. The molecule has 11 heteroatoms. The highest BCUT2D eigenvalue weighted by molar-refractivity contribution is 5.90. The number of carbonyl (C=O) groups is 4. The Kier molecular flexibility index (Phi) is 17.0. The lowest BCUT2D eigenvalue weighted by Crippen LogP contribution is -2.60. The highest BCUT2D eigenvalue weighted by Gasteiger charge is 2.43. The van der Waals surface area contributed by atoms with Crippen LogP contribution in [-0.2, 0) is 28.7 Å². The Morgan fingerprint density at radius 3 is 1.96 bits per heavy atom. The van der Waals surface area contributed by atoms with Gasteiger partial charge in [-0.15, -0.1) is 0 Å². The lowest BCUT2D eigenvalue weighted by Gasteiger charge is -2.41. The fourth-order valence-corrected chi connectivity index (χ4v) is 6.78. The Labute approximate surface area is 273 Å². The van der Waals surface area contributed by atoms with Crippen molar-refractivity contribution in [1.29, 1.82) is 0 Å². The zero-order chi connectivity index (χ0) is 34.8. The Bertz CT molecular complexity index is 959. The van der Waals surface area contributed by atoms with Crippen LogP contribution in [0.5, 0.6) is 0 Å². The third-order valence-electron chi connectivity index (χ3n) is 9.89. The summed E-state index contributed by atoms with van der Waals surface area (Å²) < 4.78 is 11.7. The molecular formula is C34H65N5O6. The summed E-state index contributed by atoms with van der Waals surface area (Å²) in [7, 11) is 8.45. The van der Waals surface area contributed by atoms with Crippen LogP contribution in [-0.4, -0.2) is 123 Å². The average Bonchev–Trinajstić information content (AvgIpc) is 3.47. The molecule has 45 heavy (non-hydrogen) atoms. The molecule has 262 valence electrons. The van der Waals surface area contributed by atoms with Crippen LogP contribution < -0.4 is 10.6 Å². The normalized spacial score (nSPS) is 20.1. The van der Waals surface area contributed by atoms with Gasteiger partial charge in [0.2, 0.25) is 23.6 Å². The predicted octanol–water partition coefficient (Wildman–Crippen LogP) is 3.16. The molecule has 1 rings (SSSR count). The average molecular weight is 640 g/mol. The van der Waals surface area contributed by atoms with Crippen molar-refractivity contribution in [2.24, 2.45) is 23.7 Å². The van der Waals surface area contributed by atoms with Crippen molar-refractivity contribution < 1.29 is 28.7 Å². The molecule has 0 aromatic rings. The third-order valence-corrected chi connectivity index (χ3v) is 9.89. The maximum absolute atomic E-state index is 14.2. The van der Waals surface area contributed by atoms with E-state index in [-0.39, 0.29) is 65.9 Å². The molecule has 0 aromatic carbocycles. The van der Waals surface area contributed by atoms with Crippen molar-refractivity contribution in [3.63, 3.8) is 0 Å². The molecular weight excluding hydrogens is 574 g/mol. The number of rotatable bonds is 18. The van der Waals surface area contributed by atoms with Gasteiger partial charge in [0.1, 0.15) is 6.04 Å². The maximum atomic E-state index is 14.2. The van der Waals surface area contributed by atoms with Crippen LogP contribution in [0.15, 0.2) is 0 Å². The number of carbonyl (C=O) groups excluding carboxylic acids is 4. The minimum atomic E-state index is -0.735. The molecule has 0 aromatic heterocycles. The minimum Gasteiger partial charge on any atom is -0.379 e. The summed E-state index contributed by atoms with van der Waals surface area (Å²) in [6.45, 7) is 18.5. The molecule has 0 aliphatic carbocycles. The monoisotopic (exact) mass is 639 g/mol. The van der Waals surface area contributed by atoms with Gasteiger partial charge in [-0.3, -0.25) is 24.1 Å². The molecule has 0 saturated carbocycles. The topological polar surface area (TPSA) is 121 Å². The molecule has 1 heterocycles. The second-order valence-corrected chi connectivity index (χ2v) is 13.9. The number of nitrogens with zero attached hydrogens (tertiary/aromatic N) is 3. The number of ether oxygens (including phenoxy) is 2. The van der Waals surface area contributed by atoms with E-state index in [4.69, 9.17) is 9.47 Å². The van der Waals surface area contributed by atoms with Crippen LogP contribution in [0, 0.1) is 23.7 Å². The molecule has 7 unspecified atom stereocenters. The first-order valence-electron chi connectivity index (χ1n) is 16.9. The maximum Gasteiger partial charge on any atom is 0.245 e. The van der Waals surface area contributed by atoms with Crippen molar-refractivity contribution in [1.82, 2.24) is 25.3 Å². The summed E-state index contributed by atoms with van der Waals surface area (Å²) in [5.74, 6) is -1.09. The zero-order valence-corrected chi connectivity index (χ0v) is 30.7. The highest BCUT2D eigenvalue weighted by Crippen LogP contribution is 2.29. The summed E-state index contributed by atoms with van der Waals surface area (Å²) >= 11 is 0. The fourth-order valence-electron chi connectivity index (χ4n) is 6.78. The summed E-state index contributed by atoms with van der Waals surface area (Å²) in [6, 6.07) is -1.59. The SMILES string of the molecule is CCC(C)C(C(CC(=O)N1CCCC1C(OC)C(C)C(=O)NC)OC)N(C)C(=O)[C@@H](NC(=O)C(C(C)C)N(C)C(C)C)C(C)C. The predicted molar refractivity (Wildman–Crippen MR) is 178 cm³/mol. The summed E-state index contributed by atoms with van der Waals surface area (Å²) in [6.07, 6.45) is 1.41. The van der Waals surface area contributed by atoms with Gasteiger partial charge in [0.15, 0.2) is 0 Å². The molecule has 2 N–H and O–H groups in total. The molecule has 0 bridgehead atoms. The Morgan fingerprint density at radius 2 is 1.51 bits per heavy atom. The third kappa shape index (κ3) is 10.4. The number of hydrogen-bond acceptors (Lipinski definition) is 7. The minimum absolute atomic E-state index is 0.0186. The lowest BCUT2D eigenvalue weighted by atomic mass is 9.89. The van der Waals surface area contributed by atoms with Gasteiger partial charge in [-0.2, -0.15) is 0 Å². The Hall–Kier alpha value is -2.24. The number of nitrogens with one attached hydrogen (secondary N) is 2. The van der Waals surface area contributed by atoms with Gasteiger partial charge in [0.05, 0.1) is 42.7 Å². The second-order valence-electron chi connectivity index (χ2n) is 13.9. The van der Waals surface area contributed by atoms with Gasteiger partial charge in [0.25, 0.3) is 0 Å². The van der Waals surface area contributed by atoms with Gasteiger partial charge >= 0.3 is 0 Å². The van der Waals surface area contributed by atoms with Crippen molar-refractivity contribution in [3.05, 3.63) is 0 Å². The number of likely N-dealkylation sites (N-methyl/N-ethyl adjacent to an activating group) is 2. The van der Waals surface area contributed by atoms with E-state index in [0.717, 1.165) is 19.3 Å². The molecule has 11 nitrogen and oxygen atoms in total. The quantitative estimate of drug-likeness (QED) is 0.236. The first kappa shape index (κ1) is 40.8. The van der Waals surface area contributed by atoms with Crippen LogP contribution in [0.2, 0.25) is 0 Å². The summed E-state index contributed by atoms with van der Waals surface area (Å²) in [5.41, 5.74) is 0. The molecule has 1 saturated heterocycles. The van der Waals surface area contributed by atoms with E-state index in [2.05, 4.69) is 24.5 Å². The van der Waals surface area contributed by atoms with Gasteiger partial charge in [-0.1, -0.05) is 54.9 Å². The highest BCUT2D eigenvalue weighted by atomic mass is 16.5. The number of amides is 4. The van der Waals surface area contributed by atoms with Crippen LogP contribution >= 0.6 is 0 Å². The zero-order valence-electron chi connectivity index (χ0n) is 30.7. The molecule has 4 amide bonds. The van der Waals surface area contributed by atoms with Gasteiger partial charge in [0, 0.05) is 40.9 Å². The fraction of sp³-hybridized carbons (Fsp3) is 0.882. The Balaban J connectivity index is 3.29. The number of methoxy groups -OCH3 is 2. The second kappa shape index (κ2) is 18.8. The molecule has 0 spiro atoms. The molecule has 1 fully saturated rings. The van der Waals surface area contributed by atoms with Crippen LogP contribution in [0.25, 0.3) is 0 Å². The van der Waals surface area contributed by atoms with Gasteiger partial charge < -0.3 is 29.9 Å². The van der Waals surface area contributed by atoms with E-state index in [9.17, 15) is 19.2 Å². The van der Waals surface area contributed by atoms with Crippen molar-refractivity contribution in [2.75, 3.05) is 41.9 Å². The smallest absolute Gasteiger partial charge is 0.245 e. The molecule has 1 aliphatic rings. The van der Waals surface area contributed by atoms with Crippen molar-refractivity contribution in [2.45, 2.75) is 130 Å². The van der Waals surface area contributed by atoms with E-state index in [1.165, 1.54) is 0 Å². The van der Waals surface area contributed by atoms with E-state index >= 15 is 0 Å². The summed E-state index contributed by atoms with van der Waals surface area (Å²) in [4.78, 5) is 59.6. The van der Waals surface area contributed by atoms with Crippen molar-refractivity contribution in [3.8, 4) is 0 Å². The van der Waals surface area contributed by atoms with Gasteiger partial charge in [-0.05, 0) is 51.5 Å². The van der Waals surface area contributed by atoms with E-state index in [0.29, 0.717) is 6.54 Å². The number of hydrogen-bond donors (Lipinski definition) is 2. The molecule has 8 atom stereocenters. The van der Waals surface area contributed by atoms with E-state index < -0.39 is 30.2 Å². The van der Waals surface area contributed by atoms with Crippen LogP contribution in [0.3, 0.4) is 0 Å². The summed E-state index contributed by atoms with van der Waals surface area (Å²) in [5, 5.41) is 5.77. The van der Waals surface area contributed by atoms with E-state index in [1.807, 2.05) is 65.3 Å². The molecule has 1 aliphatic heterocycles. The first-order valence-corrected chi connectivity index (χ1v) is 16.9. The van der Waals surface area contributed by atoms with Crippen LogP contribution in [0.1, 0.15) is 88.0 Å². The molecule has 0 radical (unpaired) electrons. The van der Waals surface area contributed by atoms with Gasteiger partial charge in [-0.25, -0.2) is 0 Å². The van der Waals surface area contributed by atoms with Crippen molar-refractivity contribution >= 4 is 23.6 Å². The largest absolute Gasteiger partial charge is 0.379 e. The van der Waals surface area contributed by atoms with Crippen LogP contribution in [0.4, 0.5) is 0 Å². The van der Waals surface area contributed by atoms with E-state index in [1.54, 1.807) is 33.2 Å².